The SMILES string of the molecule is CC1OC(OCC2OC(Oc3c(-c4ccc(O)c(O)c4)oc4cc(O)cc(O)c4c3=O)C(O)C(OC(=O)/C=C/c3ccc(O)cc3)C2O)C(O)C(OC2C(O)C(O)C(C)C(CO)C2O)C1O. The third-order valence-electron chi connectivity index (χ3n) is 12.0. The monoisotopic (exact) mass is 930 g/mol. The normalized spacial score (nSPS) is 33.8. The van der Waals surface area contributed by atoms with Crippen LogP contribution in [-0.2, 0) is 28.5 Å². The first kappa shape index (κ1) is 48.3. The number of aromatic hydroxyl groups is 5. The van der Waals surface area contributed by atoms with Crippen LogP contribution in [0.5, 0.6) is 34.5 Å². The molecule has 4 aromatic rings. The van der Waals surface area contributed by atoms with Gasteiger partial charge in [0.05, 0.1) is 24.9 Å². The Bertz CT molecular complexity index is 2440. The van der Waals surface area contributed by atoms with Crippen LogP contribution < -0.4 is 10.2 Å². The van der Waals surface area contributed by atoms with E-state index in [4.69, 9.17) is 32.8 Å². The lowest BCUT2D eigenvalue weighted by Crippen LogP contribution is -2.65. The van der Waals surface area contributed by atoms with Crippen LogP contribution in [0.4, 0.5) is 0 Å². The van der Waals surface area contributed by atoms with Crippen molar-refractivity contribution in [3.05, 3.63) is 76.5 Å². The van der Waals surface area contributed by atoms with Gasteiger partial charge < -0.3 is 99.2 Å². The van der Waals surface area contributed by atoms with E-state index < -0.39 is 162 Å². The van der Waals surface area contributed by atoms with Crippen LogP contribution in [0, 0.1) is 11.8 Å². The Morgan fingerprint density at radius 1 is 0.697 bits per heavy atom. The number of fused-ring (bicyclic) bond motifs is 1. The van der Waals surface area contributed by atoms with Gasteiger partial charge in [-0.2, -0.15) is 0 Å². The summed E-state index contributed by atoms with van der Waals surface area (Å²) in [4.78, 5) is 27.4. The molecule has 1 aromatic heterocycles. The second-order valence-corrected chi connectivity index (χ2v) is 16.4. The third-order valence-corrected chi connectivity index (χ3v) is 12.0. The first-order chi connectivity index (χ1) is 31.3. The zero-order chi connectivity index (χ0) is 47.9. The topological polar surface area (TPSA) is 366 Å². The van der Waals surface area contributed by atoms with E-state index in [0.717, 1.165) is 30.3 Å². The van der Waals surface area contributed by atoms with E-state index >= 15 is 0 Å². The summed E-state index contributed by atoms with van der Waals surface area (Å²) >= 11 is 0. The van der Waals surface area contributed by atoms with E-state index in [2.05, 4.69) is 0 Å². The first-order valence-corrected chi connectivity index (χ1v) is 20.6. The van der Waals surface area contributed by atoms with Crippen molar-refractivity contribution in [1.29, 1.82) is 0 Å². The minimum atomic E-state index is -2.15. The molecule has 16 unspecified atom stereocenters. The summed E-state index contributed by atoms with van der Waals surface area (Å²) in [7, 11) is 0. The van der Waals surface area contributed by atoms with Gasteiger partial charge in [-0.05, 0) is 54.8 Å². The standard InChI is InChI=1S/C44H50O22/c1-16-22(14-45)32(54)40(35(57)30(16)52)65-39-31(53)17(2)61-43(36(39)58)60-15-27-33(55)41(64-28(51)10-5-18-3-7-20(46)8-4-18)37(59)44(63-27)66-42-34(56)29-25(50)12-21(47)13-26(29)62-38(42)19-6-9-23(48)24(49)11-19/h3-13,16-17,22,27,30-33,35-37,39-41,43-50,52-55,57-59H,14-15H2,1-2H3/b10-5+. The average molecular weight is 931 g/mol. The summed E-state index contributed by atoms with van der Waals surface area (Å²) in [5, 5.41) is 138. The highest BCUT2D eigenvalue weighted by Crippen LogP contribution is 2.40. The third kappa shape index (κ3) is 9.62. The predicted molar refractivity (Wildman–Crippen MR) is 222 cm³/mol. The lowest BCUT2D eigenvalue weighted by atomic mass is 9.73. The molecular formula is C44H50O22. The summed E-state index contributed by atoms with van der Waals surface area (Å²) in [6, 6.07) is 10.7. The fraction of sp³-hybridized carbons (Fsp3) is 0.455. The van der Waals surface area contributed by atoms with Gasteiger partial charge in [-0.1, -0.05) is 19.1 Å². The van der Waals surface area contributed by atoms with Crippen molar-refractivity contribution < 1.29 is 104 Å². The number of benzene rings is 3. The van der Waals surface area contributed by atoms with Crippen molar-refractivity contribution in [2.45, 2.75) is 99.7 Å². The van der Waals surface area contributed by atoms with Gasteiger partial charge in [0.2, 0.25) is 17.5 Å². The number of carbonyl (C=O) groups is 1. The van der Waals surface area contributed by atoms with Crippen molar-refractivity contribution >= 4 is 23.0 Å². The largest absolute Gasteiger partial charge is 0.508 e. The van der Waals surface area contributed by atoms with E-state index in [1.54, 1.807) is 0 Å². The number of hydrogen-bond donors (Lipinski definition) is 13. The maximum absolute atomic E-state index is 14.1. The highest BCUT2D eigenvalue weighted by atomic mass is 16.7. The summed E-state index contributed by atoms with van der Waals surface area (Å²) in [5.74, 6) is -6.69. The maximum atomic E-state index is 14.1. The van der Waals surface area contributed by atoms with Gasteiger partial charge in [0.1, 0.15) is 70.9 Å². The van der Waals surface area contributed by atoms with Crippen LogP contribution in [0.15, 0.2) is 69.9 Å². The Balaban J connectivity index is 1.19. The lowest BCUT2D eigenvalue weighted by molar-refractivity contribution is -0.334. The highest BCUT2D eigenvalue weighted by molar-refractivity contribution is 5.89. The number of phenolic OH excluding ortho intramolecular Hbond substituents is 5. The van der Waals surface area contributed by atoms with Gasteiger partial charge in [-0.15, -0.1) is 0 Å². The molecule has 0 radical (unpaired) electrons. The molecule has 3 fully saturated rings. The Morgan fingerprint density at radius 2 is 1.38 bits per heavy atom. The van der Waals surface area contributed by atoms with E-state index in [-0.39, 0.29) is 16.9 Å². The zero-order valence-electron chi connectivity index (χ0n) is 35.0. The molecule has 22 nitrogen and oxygen atoms in total. The van der Waals surface area contributed by atoms with Crippen molar-refractivity contribution in [3.63, 3.8) is 0 Å². The first-order valence-electron chi connectivity index (χ1n) is 20.6. The van der Waals surface area contributed by atoms with Gasteiger partial charge in [0.15, 0.2) is 35.8 Å². The van der Waals surface area contributed by atoms with E-state index in [0.29, 0.717) is 5.56 Å². The van der Waals surface area contributed by atoms with Crippen LogP contribution >= 0.6 is 0 Å². The van der Waals surface area contributed by atoms with Crippen LogP contribution in [0.25, 0.3) is 28.4 Å². The molecule has 66 heavy (non-hydrogen) atoms. The van der Waals surface area contributed by atoms with E-state index in [9.17, 15) is 76.0 Å². The van der Waals surface area contributed by atoms with Crippen LogP contribution in [-0.4, -0.2) is 171 Å². The Morgan fingerprint density at radius 3 is 2.06 bits per heavy atom. The minimum absolute atomic E-state index is 0.0472. The van der Waals surface area contributed by atoms with Crippen LogP contribution in [0.1, 0.15) is 19.4 Å². The molecule has 0 amide bonds. The van der Waals surface area contributed by atoms with Gasteiger partial charge >= 0.3 is 5.97 Å². The summed E-state index contributed by atoms with van der Waals surface area (Å²) in [5.41, 5.74) is -1.16. The minimum Gasteiger partial charge on any atom is -0.508 e. The molecule has 7 rings (SSSR count). The summed E-state index contributed by atoms with van der Waals surface area (Å²) in [6.45, 7) is 1.48. The number of aliphatic hydroxyl groups is 8. The molecule has 2 aliphatic heterocycles. The number of aliphatic hydroxyl groups excluding tert-OH is 8. The molecule has 3 aromatic carbocycles. The molecule has 1 saturated carbocycles. The number of esters is 1. The van der Waals surface area contributed by atoms with E-state index in [1.807, 2.05) is 0 Å². The smallest absolute Gasteiger partial charge is 0.331 e. The van der Waals surface area contributed by atoms with Crippen molar-refractivity contribution in [2.24, 2.45) is 11.8 Å². The molecule has 358 valence electrons. The van der Waals surface area contributed by atoms with Gasteiger partial charge in [-0.3, -0.25) is 4.79 Å². The summed E-state index contributed by atoms with van der Waals surface area (Å²) in [6.07, 6.45) is -22.1. The average Bonchev–Trinajstić information content (AvgIpc) is 3.27. The summed E-state index contributed by atoms with van der Waals surface area (Å²) < 4.78 is 40.6. The molecule has 22 heteroatoms. The van der Waals surface area contributed by atoms with Crippen LogP contribution in [0.3, 0.4) is 0 Å². The molecule has 2 saturated heterocycles. The molecule has 0 bridgehead atoms. The molecule has 0 spiro atoms. The molecule has 3 heterocycles. The number of carbonyl (C=O) groups excluding carboxylic acids is 1. The number of hydrogen-bond acceptors (Lipinski definition) is 22. The van der Waals surface area contributed by atoms with Gasteiger partial charge in [0, 0.05) is 36.3 Å². The molecular weight excluding hydrogens is 880 g/mol. The maximum Gasteiger partial charge on any atom is 0.331 e. The van der Waals surface area contributed by atoms with Crippen molar-refractivity contribution in [3.8, 4) is 45.8 Å². The lowest BCUT2D eigenvalue weighted by Gasteiger charge is -2.48. The Hall–Kier alpha value is -5.60. The van der Waals surface area contributed by atoms with Crippen molar-refractivity contribution in [2.75, 3.05) is 13.2 Å². The zero-order valence-corrected chi connectivity index (χ0v) is 35.0. The quantitative estimate of drug-likeness (QED) is 0.0461. The number of rotatable bonds is 12. The Labute approximate surface area is 373 Å². The second kappa shape index (κ2) is 19.7. The molecule has 3 aliphatic rings. The van der Waals surface area contributed by atoms with Crippen molar-refractivity contribution in [1.82, 2.24) is 0 Å². The molecule has 16 atom stereocenters. The molecule has 13 N–H and O–H groups in total. The van der Waals surface area contributed by atoms with Gasteiger partial charge in [-0.25, -0.2) is 4.79 Å². The fourth-order valence-corrected chi connectivity index (χ4v) is 8.16. The number of phenols is 5. The predicted octanol–water partition coefficient (Wildman–Crippen LogP) is -0.983. The van der Waals surface area contributed by atoms with E-state index in [1.165, 1.54) is 50.3 Å². The fourth-order valence-electron chi connectivity index (χ4n) is 8.16. The Kier molecular flexibility index (Phi) is 14.4. The molecule has 1 aliphatic carbocycles. The van der Waals surface area contributed by atoms with Gasteiger partial charge in [0.25, 0.3) is 0 Å². The second-order valence-electron chi connectivity index (χ2n) is 16.4. The highest BCUT2D eigenvalue weighted by Gasteiger charge is 2.53. The number of ether oxygens (including phenoxy) is 6. The van der Waals surface area contributed by atoms with Crippen LogP contribution in [0.2, 0.25) is 0 Å².